The first-order valence-corrected chi connectivity index (χ1v) is 7.98. The van der Waals surface area contributed by atoms with Crippen molar-refractivity contribution in [2.45, 2.75) is 6.54 Å². The van der Waals surface area contributed by atoms with Crippen molar-refractivity contribution in [3.8, 4) is 0 Å². The van der Waals surface area contributed by atoms with Crippen LogP contribution in [-0.2, 0) is 21.4 Å². The minimum absolute atomic E-state index is 0.00411. The van der Waals surface area contributed by atoms with Crippen molar-refractivity contribution in [2.24, 2.45) is 5.73 Å². The zero-order valence-corrected chi connectivity index (χ0v) is 12.4. The summed E-state index contributed by atoms with van der Waals surface area (Å²) < 4.78 is 25.2. The van der Waals surface area contributed by atoms with E-state index in [4.69, 9.17) is 16.2 Å². The Balaban J connectivity index is 2.22. The monoisotopic (exact) mass is 321 g/mol. The third-order valence-electron chi connectivity index (χ3n) is 3.03. The lowest BCUT2D eigenvalue weighted by molar-refractivity contribution is -0.134. The predicted octanol–water partition coefficient (Wildman–Crippen LogP) is 0.628. The number of hydrogen-bond acceptors (Lipinski definition) is 4. The first-order valence-electron chi connectivity index (χ1n) is 6.33. The molecule has 0 spiro atoms. The molecule has 0 bridgehead atoms. The molecule has 7 nitrogen and oxygen atoms in total. The van der Waals surface area contributed by atoms with Crippen LogP contribution >= 0.6 is 0 Å². The van der Waals surface area contributed by atoms with Gasteiger partial charge in [-0.3, -0.25) is 10.2 Å². The highest BCUT2D eigenvalue weighted by atomic mass is 32.2. The molecule has 0 radical (unpaired) electrons. The van der Waals surface area contributed by atoms with Gasteiger partial charge in [-0.25, -0.2) is 13.1 Å². The van der Waals surface area contributed by atoms with Crippen molar-refractivity contribution in [1.82, 2.24) is 4.72 Å². The number of hydrogen-bond donors (Lipinski definition) is 4. The van der Waals surface area contributed by atoms with Gasteiger partial charge in [0.15, 0.2) is 5.75 Å². The molecular weight excluding hydrogens is 306 g/mol. The second kappa shape index (κ2) is 6.12. The number of carboxylic acid groups (broad SMARTS) is 1. The summed E-state index contributed by atoms with van der Waals surface area (Å²) in [5.74, 6) is -2.42. The molecule has 0 unspecified atom stereocenters. The molecule has 0 atom stereocenters. The minimum Gasteiger partial charge on any atom is -0.480 e. The number of nitrogen functional groups attached to an aromatic ring is 1. The number of sulfonamides is 1. The highest BCUT2D eigenvalue weighted by Crippen LogP contribution is 2.18. The molecule has 0 aliphatic heterocycles. The van der Waals surface area contributed by atoms with E-state index in [-0.39, 0.29) is 12.4 Å². The van der Waals surface area contributed by atoms with Crippen molar-refractivity contribution in [3.63, 3.8) is 0 Å². The van der Waals surface area contributed by atoms with E-state index >= 15 is 0 Å². The largest absolute Gasteiger partial charge is 0.480 e. The third kappa shape index (κ3) is 4.03. The topological polar surface area (TPSA) is 133 Å². The van der Waals surface area contributed by atoms with E-state index < -0.39 is 21.7 Å². The number of rotatable bonds is 6. The Bertz CT molecular complexity index is 846. The molecule has 22 heavy (non-hydrogen) atoms. The summed E-state index contributed by atoms with van der Waals surface area (Å²) in [6.45, 7) is -0.00411. The summed E-state index contributed by atoms with van der Waals surface area (Å²) in [7, 11) is -3.86. The molecule has 0 saturated heterocycles. The Kier molecular flexibility index (Phi) is 4.43. The second-order valence-electron chi connectivity index (χ2n) is 4.78. The minimum atomic E-state index is -3.86. The number of fused-ring (bicyclic) bond motifs is 1. The summed E-state index contributed by atoms with van der Waals surface area (Å²) in [5.41, 5.74) is 6.70. The molecule has 2 aromatic carbocycles. The Morgan fingerprint density at radius 2 is 1.86 bits per heavy atom. The van der Waals surface area contributed by atoms with Crippen LogP contribution in [0, 0.1) is 5.41 Å². The molecule has 116 valence electrons. The Hall–Kier alpha value is -2.45. The molecule has 2 rings (SSSR count). The van der Waals surface area contributed by atoms with E-state index in [0.717, 1.165) is 10.8 Å². The van der Waals surface area contributed by atoms with Crippen molar-refractivity contribution in [2.75, 3.05) is 5.75 Å². The van der Waals surface area contributed by atoms with Gasteiger partial charge >= 0.3 is 5.97 Å². The van der Waals surface area contributed by atoms with Crippen LogP contribution in [0.25, 0.3) is 10.8 Å². The molecule has 0 aliphatic rings. The van der Waals surface area contributed by atoms with Gasteiger partial charge in [0.05, 0.1) is 0 Å². The average molecular weight is 321 g/mol. The van der Waals surface area contributed by atoms with Crippen molar-refractivity contribution < 1.29 is 18.3 Å². The lowest BCUT2D eigenvalue weighted by Gasteiger charge is -2.07. The fourth-order valence-corrected chi connectivity index (χ4v) is 2.79. The Morgan fingerprint density at radius 3 is 2.50 bits per heavy atom. The van der Waals surface area contributed by atoms with E-state index in [1.165, 1.54) is 0 Å². The van der Waals surface area contributed by atoms with Crippen LogP contribution in [0.3, 0.4) is 0 Å². The van der Waals surface area contributed by atoms with Crippen LogP contribution in [-0.4, -0.2) is 31.1 Å². The van der Waals surface area contributed by atoms with Gasteiger partial charge in [0.1, 0.15) is 5.84 Å². The first-order chi connectivity index (χ1) is 10.3. The number of nitrogens with one attached hydrogen (secondary N) is 2. The zero-order valence-electron chi connectivity index (χ0n) is 11.5. The van der Waals surface area contributed by atoms with Crippen LogP contribution in [0.1, 0.15) is 11.1 Å². The molecule has 0 aliphatic carbocycles. The highest BCUT2D eigenvalue weighted by molar-refractivity contribution is 7.90. The van der Waals surface area contributed by atoms with Crippen LogP contribution in [0.5, 0.6) is 0 Å². The average Bonchev–Trinajstić information content (AvgIpc) is 2.43. The normalized spacial score (nSPS) is 11.5. The number of aliphatic carboxylic acids is 1. The summed E-state index contributed by atoms with van der Waals surface area (Å²) in [4.78, 5) is 10.5. The maximum Gasteiger partial charge on any atom is 0.320 e. The smallest absolute Gasteiger partial charge is 0.320 e. The standard InChI is InChI=1S/C14H15N3O4S/c15-14(16)11-4-3-10-2-1-9(5-12(10)6-11)7-17-22(20,21)8-13(18)19/h1-6,17H,7-8H2,(H3,15,16)(H,18,19). The fourth-order valence-electron chi connectivity index (χ4n) is 1.98. The quantitative estimate of drug-likeness (QED) is 0.457. The SMILES string of the molecule is N=C(N)c1ccc2ccc(CNS(=O)(=O)CC(=O)O)cc2c1. The molecule has 5 N–H and O–H groups in total. The van der Waals surface area contributed by atoms with Gasteiger partial charge in [0.2, 0.25) is 10.0 Å². The molecular formula is C14H15N3O4S. The Labute approximate surface area is 127 Å². The number of carbonyl (C=O) groups is 1. The summed E-state index contributed by atoms with van der Waals surface area (Å²) >= 11 is 0. The Morgan fingerprint density at radius 1 is 1.18 bits per heavy atom. The van der Waals surface area contributed by atoms with Gasteiger partial charge < -0.3 is 10.8 Å². The van der Waals surface area contributed by atoms with E-state index in [1.54, 1.807) is 24.3 Å². The zero-order chi connectivity index (χ0) is 16.3. The number of benzene rings is 2. The van der Waals surface area contributed by atoms with Gasteiger partial charge in [-0.1, -0.05) is 24.3 Å². The second-order valence-corrected chi connectivity index (χ2v) is 6.59. The molecule has 8 heteroatoms. The summed E-state index contributed by atoms with van der Waals surface area (Å²) in [5, 5.41) is 17.7. The molecule has 0 amide bonds. The van der Waals surface area contributed by atoms with Gasteiger partial charge in [0.25, 0.3) is 0 Å². The van der Waals surface area contributed by atoms with Crippen LogP contribution in [0.4, 0.5) is 0 Å². The van der Waals surface area contributed by atoms with E-state index in [9.17, 15) is 13.2 Å². The lowest BCUT2D eigenvalue weighted by atomic mass is 10.0. The van der Waals surface area contributed by atoms with Crippen LogP contribution in [0.2, 0.25) is 0 Å². The number of amidine groups is 1. The molecule has 2 aromatic rings. The van der Waals surface area contributed by atoms with Crippen molar-refractivity contribution >= 4 is 32.6 Å². The van der Waals surface area contributed by atoms with E-state index in [0.29, 0.717) is 11.1 Å². The number of nitrogens with two attached hydrogens (primary N) is 1. The maximum absolute atomic E-state index is 11.5. The fraction of sp³-hybridized carbons (Fsp3) is 0.143. The van der Waals surface area contributed by atoms with E-state index in [2.05, 4.69) is 4.72 Å². The maximum atomic E-state index is 11.5. The number of carboxylic acids is 1. The van der Waals surface area contributed by atoms with Gasteiger partial charge in [-0.05, 0) is 28.5 Å². The van der Waals surface area contributed by atoms with Gasteiger partial charge in [-0.15, -0.1) is 0 Å². The van der Waals surface area contributed by atoms with Crippen molar-refractivity contribution in [1.29, 1.82) is 5.41 Å². The molecule has 0 fully saturated rings. The predicted molar refractivity (Wildman–Crippen MR) is 83.2 cm³/mol. The highest BCUT2D eigenvalue weighted by Gasteiger charge is 2.14. The summed E-state index contributed by atoms with van der Waals surface area (Å²) in [6, 6.07) is 10.6. The third-order valence-corrected chi connectivity index (χ3v) is 4.24. The van der Waals surface area contributed by atoms with Crippen LogP contribution in [0.15, 0.2) is 36.4 Å². The van der Waals surface area contributed by atoms with Crippen molar-refractivity contribution in [3.05, 3.63) is 47.5 Å². The lowest BCUT2D eigenvalue weighted by Crippen LogP contribution is -2.29. The molecule has 0 heterocycles. The van der Waals surface area contributed by atoms with Crippen LogP contribution < -0.4 is 10.5 Å². The summed E-state index contributed by atoms with van der Waals surface area (Å²) in [6.07, 6.45) is 0. The van der Waals surface area contributed by atoms with Gasteiger partial charge in [0, 0.05) is 12.1 Å². The molecule has 0 saturated carbocycles. The first kappa shape index (κ1) is 15.9. The van der Waals surface area contributed by atoms with Gasteiger partial charge in [-0.2, -0.15) is 0 Å². The van der Waals surface area contributed by atoms with E-state index in [1.807, 2.05) is 12.1 Å². The molecule has 0 aromatic heterocycles.